The number of unbranched alkanes of at least 4 members (excludes halogenated alkanes) is 32. The van der Waals surface area contributed by atoms with E-state index < -0.39 is 0 Å². The van der Waals surface area contributed by atoms with E-state index in [0.717, 1.165) is 41.9 Å². The van der Waals surface area contributed by atoms with Gasteiger partial charge in [-0.25, -0.2) is 0 Å². The van der Waals surface area contributed by atoms with Crippen molar-refractivity contribution in [1.29, 1.82) is 0 Å². The smallest absolute Gasteiger partial charge is 0.261 e. The van der Waals surface area contributed by atoms with Crippen LogP contribution in [0.2, 0.25) is 0 Å². The van der Waals surface area contributed by atoms with Gasteiger partial charge >= 0.3 is 0 Å². The first kappa shape index (κ1) is 67.2. The second-order valence-corrected chi connectivity index (χ2v) is 27.8. The molecule has 2 aliphatic rings. The highest BCUT2D eigenvalue weighted by atomic mass is 79.9. The first-order chi connectivity index (χ1) is 37.3. The van der Waals surface area contributed by atoms with E-state index >= 15 is 9.59 Å². The Morgan fingerprint density at radius 3 is 0.868 bits per heavy atom. The van der Waals surface area contributed by atoms with Crippen molar-refractivity contribution in [2.45, 2.75) is 285 Å². The third kappa shape index (κ3) is 26.5. The summed E-state index contributed by atoms with van der Waals surface area (Å²) in [5.41, 5.74) is 2.51. The molecule has 2 aromatic heterocycles. The van der Waals surface area contributed by atoms with Crippen LogP contribution in [0.25, 0.3) is 11.4 Å². The molecule has 0 bridgehead atoms. The van der Waals surface area contributed by atoms with Crippen molar-refractivity contribution in [3.63, 3.8) is 0 Å². The maximum atomic E-state index is 15.0. The van der Waals surface area contributed by atoms with Gasteiger partial charge in [-0.1, -0.05) is 259 Å². The largest absolute Gasteiger partial charge is 0.379 e. The molecule has 0 N–H and O–H groups in total. The molecule has 6 nitrogen and oxygen atoms in total. The second-order valence-electron chi connectivity index (χ2n) is 22.9. The molecule has 0 saturated heterocycles. The summed E-state index contributed by atoms with van der Waals surface area (Å²) in [6.07, 6.45) is 53.3. The maximum Gasteiger partial charge on any atom is 0.261 e. The van der Waals surface area contributed by atoms with Gasteiger partial charge in [-0.2, -0.15) is 0 Å². The lowest BCUT2D eigenvalue weighted by Crippen LogP contribution is -2.33. The molecule has 76 heavy (non-hydrogen) atoms. The highest BCUT2D eigenvalue weighted by Crippen LogP contribution is 2.49. The number of rotatable bonds is 52. The van der Waals surface area contributed by atoms with E-state index in [2.05, 4.69) is 71.7 Å². The summed E-state index contributed by atoms with van der Waals surface area (Å²) in [4.78, 5) is 35.6. The summed E-state index contributed by atoms with van der Waals surface area (Å²) in [7, 11) is 0. The second kappa shape index (κ2) is 43.4. The molecule has 2 aliphatic heterocycles. The number of fused-ring (bicyclic) bond motifs is 1. The number of halogens is 2. The van der Waals surface area contributed by atoms with Gasteiger partial charge in [0.25, 0.3) is 11.8 Å². The van der Waals surface area contributed by atoms with E-state index in [-0.39, 0.29) is 11.8 Å². The molecule has 0 spiro atoms. The first-order valence-electron chi connectivity index (χ1n) is 32.1. The summed E-state index contributed by atoms with van der Waals surface area (Å²) < 4.78 is 15.1. The average Bonchev–Trinajstić information content (AvgIpc) is 4.20. The molecule has 2 amide bonds. The van der Waals surface area contributed by atoms with Gasteiger partial charge in [-0.05, 0) is 93.6 Å². The predicted octanol–water partition coefficient (Wildman–Crippen LogP) is 22.1. The molecule has 0 aliphatic carbocycles. The lowest BCUT2D eigenvalue weighted by Gasteiger charge is -2.25. The average molecular weight is 1220 g/mol. The molecule has 0 fully saturated rings. The predicted molar refractivity (Wildman–Crippen MR) is 337 cm³/mol. The zero-order chi connectivity index (χ0) is 54.3. The Bertz CT molecular complexity index is 1740. The standard InChI is InChI=1S/C66H110Br2N2O4S2/c1-5-9-13-17-21-25-27-31-35-39-43-55(41-37-33-29-23-19-15-11-7-3)53-73-51-49-69-63(57-45-47-59(67)75-57)61-62(65(69)71)64(58-46-48-60(68)76-58)70(66(61)72)50-52-74-54-56(42-38-34-30-24-20-16-12-8-4)44-40-36-32-28-26-22-18-14-10-6-2/h45-48,55-56H,5-44,49-54H2,1-4H3. The molecule has 0 radical (unpaired) electrons. The van der Waals surface area contributed by atoms with Gasteiger partial charge in [0.1, 0.15) is 0 Å². The van der Waals surface area contributed by atoms with E-state index in [1.54, 1.807) is 22.7 Å². The fourth-order valence-electron chi connectivity index (χ4n) is 11.6. The Hall–Kier alpha value is -1.30. The topological polar surface area (TPSA) is 59.1 Å². The Morgan fingerprint density at radius 1 is 0.382 bits per heavy atom. The van der Waals surface area contributed by atoms with Crippen LogP contribution in [0.4, 0.5) is 0 Å². The fourth-order valence-corrected chi connectivity index (χ4v) is 14.5. The van der Waals surface area contributed by atoms with Gasteiger partial charge in [-0.15, -0.1) is 22.7 Å². The summed E-state index contributed by atoms with van der Waals surface area (Å²) in [5, 5.41) is 0. The van der Waals surface area contributed by atoms with Crippen molar-refractivity contribution < 1.29 is 19.1 Å². The highest BCUT2D eigenvalue weighted by Gasteiger charge is 2.49. The fraction of sp³-hybridized carbons (Fsp3) is 0.788. The molecule has 0 saturated carbocycles. The van der Waals surface area contributed by atoms with Crippen LogP contribution in [0.15, 0.2) is 43.0 Å². The van der Waals surface area contributed by atoms with Crippen LogP contribution in [-0.2, 0) is 19.1 Å². The van der Waals surface area contributed by atoms with Gasteiger partial charge in [-0.3, -0.25) is 9.59 Å². The van der Waals surface area contributed by atoms with E-state index in [1.165, 1.54) is 257 Å². The minimum Gasteiger partial charge on any atom is -0.379 e. The van der Waals surface area contributed by atoms with E-state index in [0.29, 0.717) is 49.3 Å². The van der Waals surface area contributed by atoms with Crippen molar-refractivity contribution >= 4 is 77.7 Å². The van der Waals surface area contributed by atoms with Gasteiger partial charge < -0.3 is 19.3 Å². The number of hydrogen-bond acceptors (Lipinski definition) is 6. The van der Waals surface area contributed by atoms with Crippen molar-refractivity contribution in [1.82, 2.24) is 9.80 Å². The number of amides is 2. The summed E-state index contributed by atoms with van der Waals surface area (Å²) in [5.74, 6) is 0.880. The number of thiophene rings is 2. The number of nitrogens with zero attached hydrogens (tertiary/aromatic N) is 2. The van der Waals surface area contributed by atoms with E-state index in [1.807, 2.05) is 21.9 Å². The van der Waals surface area contributed by atoms with Gasteiger partial charge in [0, 0.05) is 26.3 Å². The molecule has 434 valence electrons. The molecular weight excluding hydrogens is 1110 g/mol. The van der Waals surface area contributed by atoms with Crippen molar-refractivity contribution in [2.75, 3.05) is 39.5 Å². The third-order valence-electron chi connectivity index (χ3n) is 16.3. The van der Waals surface area contributed by atoms with Crippen LogP contribution in [0.5, 0.6) is 0 Å². The molecule has 2 unspecified atom stereocenters. The lowest BCUT2D eigenvalue weighted by atomic mass is 9.94. The number of ether oxygens (including phenoxy) is 2. The summed E-state index contributed by atoms with van der Waals surface area (Å²) in [6, 6.07) is 8.16. The molecule has 10 heteroatoms. The molecule has 0 aromatic carbocycles. The van der Waals surface area contributed by atoms with Crippen molar-refractivity contribution in [3.8, 4) is 0 Å². The minimum atomic E-state index is -0.0998. The zero-order valence-electron chi connectivity index (χ0n) is 49.1. The Morgan fingerprint density at radius 2 is 0.632 bits per heavy atom. The minimum absolute atomic E-state index is 0.0998. The Kier molecular flexibility index (Phi) is 38.4. The van der Waals surface area contributed by atoms with Crippen LogP contribution < -0.4 is 0 Å². The third-order valence-corrected chi connectivity index (χ3v) is 19.5. The number of carbonyl (C=O) groups excluding carboxylic acids is 2. The van der Waals surface area contributed by atoms with Crippen molar-refractivity contribution in [3.05, 3.63) is 52.7 Å². The Labute approximate surface area is 491 Å². The normalized spacial score (nSPS) is 14.7. The number of carbonyl (C=O) groups is 2. The summed E-state index contributed by atoms with van der Waals surface area (Å²) >= 11 is 10.6. The van der Waals surface area contributed by atoms with Crippen LogP contribution >= 0.6 is 54.5 Å². The molecule has 2 aromatic rings. The van der Waals surface area contributed by atoms with Crippen LogP contribution in [0.1, 0.15) is 294 Å². The quantitative estimate of drug-likeness (QED) is 0.0620. The maximum absolute atomic E-state index is 15.0. The zero-order valence-corrected chi connectivity index (χ0v) is 53.9. The number of hydrogen-bond donors (Lipinski definition) is 0. The first-order valence-corrected chi connectivity index (χ1v) is 35.4. The van der Waals surface area contributed by atoms with Crippen LogP contribution in [0, 0.1) is 11.8 Å². The molecular formula is C66H110Br2N2O4S2. The van der Waals surface area contributed by atoms with Crippen LogP contribution in [0.3, 0.4) is 0 Å². The SMILES string of the molecule is CCCCCCCCCCCCC(CCCCCCCCCC)COCCN1C(=O)C2=C(c3ccc(Br)s3)N(CCOCC(CCCCCCCCCC)CCCCCCCCCCCC)C(=O)C2=C1c1ccc(Br)s1. The van der Waals surface area contributed by atoms with E-state index in [4.69, 9.17) is 9.47 Å². The molecule has 4 heterocycles. The summed E-state index contributed by atoms with van der Waals surface area (Å²) in [6.45, 7) is 12.4. The van der Waals surface area contributed by atoms with Crippen LogP contribution in [-0.4, -0.2) is 61.1 Å². The van der Waals surface area contributed by atoms with Gasteiger partial charge in [0.05, 0.1) is 53.1 Å². The van der Waals surface area contributed by atoms with Crippen molar-refractivity contribution in [2.24, 2.45) is 11.8 Å². The molecule has 4 rings (SSSR count). The lowest BCUT2D eigenvalue weighted by molar-refractivity contribution is -0.124. The van der Waals surface area contributed by atoms with E-state index in [9.17, 15) is 0 Å². The monoisotopic (exact) mass is 1220 g/mol. The van der Waals surface area contributed by atoms with Gasteiger partial charge in [0.15, 0.2) is 0 Å². The highest BCUT2D eigenvalue weighted by molar-refractivity contribution is 9.11. The molecule has 2 atom stereocenters. The Balaban J connectivity index is 1.39. The van der Waals surface area contributed by atoms with Gasteiger partial charge in [0.2, 0.25) is 0 Å².